The van der Waals surface area contributed by atoms with Crippen LogP contribution in [0.25, 0.3) is 33.7 Å². The molecule has 0 unspecified atom stereocenters. The number of benzene rings is 2. The minimum Gasteiger partial charge on any atom is -0.305 e. The summed E-state index contributed by atoms with van der Waals surface area (Å²) >= 11 is 0. The standard InChI is InChI=1S/C32H30N8/c1-3-29-35-30-20(2)17-24(13-10-21-7-6-16-33-19-21)34-32(30)40(29)28-15-12-23-18-22(11-14-26(23)28)25-8-4-5-9-27(25)31-36-38-39-37-31/h4-9,11,14,16-19,28H,3,10,12-13,15H2,1-2H3,(H,36,37,38,39)/t28-/m0/s1. The van der Waals surface area contributed by atoms with Gasteiger partial charge in [0.15, 0.2) is 5.65 Å². The van der Waals surface area contributed by atoms with Crippen LogP contribution in [-0.4, -0.2) is 40.1 Å². The summed E-state index contributed by atoms with van der Waals surface area (Å²) in [7, 11) is 0. The van der Waals surface area contributed by atoms with Crippen molar-refractivity contribution in [2.75, 3.05) is 0 Å². The molecule has 1 N–H and O–H groups in total. The van der Waals surface area contributed by atoms with E-state index in [-0.39, 0.29) is 6.04 Å². The third-order valence-electron chi connectivity index (χ3n) is 8.00. The van der Waals surface area contributed by atoms with E-state index in [4.69, 9.17) is 9.97 Å². The molecule has 0 saturated carbocycles. The normalized spacial score (nSPS) is 14.6. The molecule has 0 amide bonds. The topological polar surface area (TPSA) is 98.1 Å². The highest BCUT2D eigenvalue weighted by Crippen LogP contribution is 2.40. The molecule has 40 heavy (non-hydrogen) atoms. The summed E-state index contributed by atoms with van der Waals surface area (Å²) in [5.41, 5.74) is 11.5. The first-order chi connectivity index (χ1) is 19.7. The molecule has 8 heteroatoms. The Balaban J connectivity index is 1.26. The first-order valence-electron chi connectivity index (χ1n) is 13.9. The summed E-state index contributed by atoms with van der Waals surface area (Å²) in [6.07, 6.45) is 8.46. The molecule has 0 bridgehead atoms. The van der Waals surface area contributed by atoms with Crippen molar-refractivity contribution >= 4 is 11.2 Å². The fraction of sp³-hybridized carbons (Fsp3) is 0.250. The van der Waals surface area contributed by atoms with Crippen LogP contribution in [0.1, 0.15) is 53.2 Å². The molecule has 4 aromatic heterocycles. The maximum Gasteiger partial charge on any atom is 0.205 e. The smallest absolute Gasteiger partial charge is 0.205 e. The number of aryl methyl sites for hydroxylation is 5. The van der Waals surface area contributed by atoms with E-state index in [1.807, 2.05) is 30.6 Å². The number of hydrogen-bond acceptors (Lipinski definition) is 6. The Hall–Kier alpha value is -4.72. The quantitative estimate of drug-likeness (QED) is 0.280. The molecule has 4 heterocycles. The third-order valence-corrected chi connectivity index (χ3v) is 8.00. The molecule has 6 aromatic rings. The summed E-state index contributed by atoms with van der Waals surface area (Å²) < 4.78 is 2.41. The number of imidazole rings is 1. The molecular formula is C32H30N8. The van der Waals surface area contributed by atoms with Crippen LogP contribution in [-0.2, 0) is 25.7 Å². The fourth-order valence-electron chi connectivity index (χ4n) is 6.09. The highest BCUT2D eigenvalue weighted by Gasteiger charge is 2.29. The van der Waals surface area contributed by atoms with E-state index in [9.17, 15) is 0 Å². The predicted molar refractivity (Wildman–Crippen MR) is 155 cm³/mol. The van der Waals surface area contributed by atoms with Gasteiger partial charge in [0.2, 0.25) is 5.82 Å². The Bertz CT molecular complexity index is 1800. The van der Waals surface area contributed by atoms with E-state index >= 15 is 0 Å². The number of rotatable bonds is 7. The number of hydrogen-bond donors (Lipinski definition) is 1. The van der Waals surface area contributed by atoms with Crippen LogP contribution in [0.4, 0.5) is 0 Å². The Labute approximate surface area is 232 Å². The Morgan fingerprint density at radius 3 is 2.67 bits per heavy atom. The van der Waals surface area contributed by atoms with Crippen LogP contribution >= 0.6 is 0 Å². The molecule has 0 aliphatic heterocycles. The lowest BCUT2D eigenvalue weighted by molar-refractivity contribution is 0.566. The lowest BCUT2D eigenvalue weighted by atomic mass is 9.96. The molecular weight excluding hydrogens is 496 g/mol. The van der Waals surface area contributed by atoms with Gasteiger partial charge in [0.1, 0.15) is 11.3 Å². The van der Waals surface area contributed by atoms with Crippen LogP contribution in [0, 0.1) is 6.92 Å². The molecule has 2 aromatic carbocycles. The van der Waals surface area contributed by atoms with Crippen molar-refractivity contribution in [3.05, 3.63) is 107 Å². The van der Waals surface area contributed by atoms with Crippen molar-refractivity contribution in [3.63, 3.8) is 0 Å². The minimum absolute atomic E-state index is 0.219. The van der Waals surface area contributed by atoms with Crippen molar-refractivity contribution in [1.82, 2.24) is 40.1 Å². The Kier molecular flexibility index (Phi) is 6.15. The second-order valence-electron chi connectivity index (χ2n) is 10.5. The van der Waals surface area contributed by atoms with Gasteiger partial charge in [-0.2, -0.15) is 5.21 Å². The molecule has 0 saturated heterocycles. The maximum atomic E-state index is 5.20. The van der Waals surface area contributed by atoms with Crippen molar-refractivity contribution < 1.29 is 0 Å². The number of pyridine rings is 2. The number of H-pyrrole nitrogens is 1. The first kappa shape index (κ1) is 24.3. The zero-order valence-corrected chi connectivity index (χ0v) is 22.7. The number of aromatic amines is 1. The SMILES string of the molecule is CCc1nc2c(C)cc(CCc3cccnc3)nc2n1[C@H]1CCc2cc(-c3ccccc3-c3nn[nH]n3)ccc21. The molecule has 7 rings (SSSR count). The van der Waals surface area contributed by atoms with Gasteiger partial charge in [0, 0.05) is 30.1 Å². The average Bonchev–Trinajstić information content (AvgIpc) is 3.75. The van der Waals surface area contributed by atoms with Crippen LogP contribution in [0.2, 0.25) is 0 Å². The van der Waals surface area contributed by atoms with E-state index < -0.39 is 0 Å². The highest BCUT2D eigenvalue weighted by molar-refractivity contribution is 5.81. The summed E-state index contributed by atoms with van der Waals surface area (Å²) in [5.74, 6) is 1.70. The highest BCUT2D eigenvalue weighted by atomic mass is 15.5. The van der Waals surface area contributed by atoms with Gasteiger partial charge in [-0.05, 0) is 83.3 Å². The zero-order valence-electron chi connectivity index (χ0n) is 22.7. The van der Waals surface area contributed by atoms with E-state index in [1.54, 1.807) is 0 Å². The average molecular weight is 527 g/mol. The molecule has 0 radical (unpaired) electrons. The second kappa shape index (κ2) is 10.1. The largest absolute Gasteiger partial charge is 0.305 e. The van der Waals surface area contributed by atoms with Crippen LogP contribution in [0.3, 0.4) is 0 Å². The van der Waals surface area contributed by atoms with Crippen molar-refractivity contribution in [3.8, 4) is 22.5 Å². The fourth-order valence-corrected chi connectivity index (χ4v) is 6.09. The van der Waals surface area contributed by atoms with Gasteiger partial charge in [-0.3, -0.25) is 4.98 Å². The van der Waals surface area contributed by atoms with Crippen molar-refractivity contribution in [2.45, 2.75) is 52.0 Å². The van der Waals surface area contributed by atoms with Gasteiger partial charge < -0.3 is 4.57 Å². The summed E-state index contributed by atoms with van der Waals surface area (Å²) in [5, 5.41) is 14.8. The number of aromatic nitrogens is 8. The third kappa shape index (κ3) is 4.25. The number of nitrogens with one attached hydrogen (secondary N) is 1. The Morgan fingerprint density at radius 2 is 1.88 bits per heavy atom. The molecule has 8 nitrogen and oxygen atoms in total. The second-order valence-corrected chi connectivity index (χ2v) is 10.5. The van der Waals surface area contributed by atoms with Crippen molar-refractivity contribution in [1.29, 1.82) is 0 Å². The van der Waals surface area contributed by atoms with E-state index in [1.165, 1.54) is 22.3 Å². The molecule has 1 aliphatic rings. The monoisotopic (exact) mass is 526 g/mol. The maximum absolute atomic E-state index is 5.20. The van der Waals surface area contributed by atoms with Gasteiger partial charge in [-0.1, -0.05) is 55.5 Å². The molecule has 1 atom stereocenters. The number of nitrogens with zero attached hydrogens (tertiary/aromatic N) is 7. The van der Waals surface area contributed by atoms with E-state index in [2.05, 4.69) is 86.5 Å². The zero-order chi connectivity index (χ0) is 27.1. The summed E-state index contributed by atoms with van der Waals surface area (Å²) in [6, 6.07) is 21.6. The summed E-state index contributed by atoms with van der Waals surface area (Å²) in [6.45, 7) is 4.34. The van der Waals surface area contributed by atoms with Crippen LogP contribution < -0.4 is 0 Å². The number of fused-ring (bicyclic) bond motifs is 2. The van der Waals surface area contributed by atoms with Gasteiger partial charge >= 0.3 is 0 Å². The molecule has 198 valence electrons. The van der Waals surface area contributed by atoms with Gasteiger partial charge in [0.05, 0.1) is 6.04 Å². The van der Waals surface area contributed by atoms with Gasteiger partial charge in [-0.15, -0.1) is 10.2 Å². The molecule has 0 fully saturated rings. The lowest BCUT2D eigenvalue weighted by Gasteiger charge is -2.18. The molecule has 1 aliphatic carbocycles. The van der Waals surface area contributed by atoms with Crippen LogP contribution in [0.5, 0.6) is 0 Å². The summed E-state index contributed by atoms with van der Waals surface area (Å²) in [4.78, 5) is 14.5. The molecule has 0 spiro atoms. The Morgan fingerprint density at radius 1 is 0.975 bits per heavy atom. The first-order valence-corrected chi connectivity index (χ1v) is 13.9. The van der Waals surface area contributed by atoms with Crippen LogP contribution in [0.15, 0.2) is 73.1 Å². The lowest BCUT2D eigenvalue weighted by Crippen LogP contribution is -2.12. The van der Waals surface area contributed by atoms with Gasteiger partial charge in [-0.25, -0.2) is 9.97 Å². The van der Waals surface area contributed by atoms with Crippen molar-refractivity contribution in [2.24, 2.45) is 0 Å². The minimum atomic E-state index is 0.219. The predicted octanol–water partition coefficient (Wildman–Crippen LogP) is 5.87. The van der Waals surface area contributed by atoms with E-state index in [0.717, 1.165) is 71.5 Å². The van der Waals surface area contributed by atoms with E-state index in [0.29, 0.717) is 5.82 Å². The number of tetrazole rings is 1. The van der Waals surface area contributed by atoms with Gasteiger partial charge in [0.25, 0.3) is 0 Å².